The third-order valence-corrected chi connectivity index (χ3v) is 5.11. The van der Waals surface area contributed by atoms with Crippen LogP contribution in [-0.4, -0.2) is 34.9 Å². The van der Waals surface area contributed by atoms with Gasteiger partial charge in [-0.2, -0.15) is 13.2 Å². The number of aryl methyl sites for hydroxylation is 1. The molecule has 5 nitrogen and oxygen atoms in total. The molecule has 0 saturated heterocycles. The molecule has 0 spiro atoms. The number of nitrogens with zero attached hydrogens (tertiary/aromatic N) is 2. The summed E-state index contributed by atoms with van der Waals surface area (Å²) in [6.45, 7) is 3.37. The van der Waals surface area contributed by atoms with Crippen molar-refractivity contribution in [1.82, 2.24) is 9.88 Å². The molecule has 2 aromatic rings. The number of methoxy groups -OCH3 is 1. The van der Waals surface area contributed by atoms with Crippen LogP contribution >= 0.6 is 0 Å². The van der Waals surface area contributed by atoms with Gasteiger partial charge >= 0.3 is 12.1 Å². The Morgan fingerprint density at radius 1 is 1.23 bits per heavy atom. The van der Waals surface area contributed by atoms with Crippen molar-refractivity contribution in [2.75, 3.05) is 7.11 Å². The molecule has 30 heavy (non-hydrogen) atoms. The zero-order chi connectivity index (χ0) is 22.2. The van der Waals surface area contributed by atoms with Crippen molar-refractivity contribution in [2.24, 2.45) is 0 Å². The molecule has 9 heteroatoms. The SMILES string of the molecule is COC(=O)c1cc2c(cc1F)CC[C@H]2N(C(=O)c1cccnc1C(F)(F)F)C(C)C. The number of fused-ring (bicyclic) bond motifs is 1. The maximum atomic E-state index is 14.3. The molecule has 1 heterocycles. The van der Waals surface area contributed by atoms with Gasteiger partial charge in [0.25, 0.3) is 5.91 Å². The van der Waals surface area contributed by atoms with Gasteiger partial charge in [0.2, 0.25) is 0 Å². The first-order chi connectivity index (χ1) is 14.1. The first-order valence-corrected chi connectivity index (χ1v) is 9.31. The Hall–Kier alpha value is -2.97. The molecule has 1 aromatic heterocycles. The standard InChI is InChI=1S/C21H20F4N2O3/c1-11(2)27(19(28)13-5-4-8-26-18(13)21(23,24)25)17-7-6-12-9-16(22)15(10-14(12)17)20(29)30-3/h4-5,8-11,17H,6-7H2,1-3H3/t17-/m1/s1. The van der Waals surface area contributed by atoms with E-state index in [1.807, 2.05) is 0 Å². The summed E-state index contributed by atoms with van der Waals surface area (Å²) in [6.07, 6.45) is -2.99. The first kappa shape index (κ1) is 21.7. The number of halogens is 4. The van der Waals surface area contributed by atoms with Crippen LogP contribution in [0.4, 0.5) is 17.6 Å². The van der Waals surface area contributed by atoms with Gasteiger partial charge in [0.15, 0.2) is 5.69 Å². The van der Waals surface area contributed by atoms with E-state index < -0.39 is 47.2 Å². The maximum Gasteiger partial charge on any atom is 0.434 e. The quantitative estimate of drug-likeness (QED) is 0.533. The van der Waals surface area contributed by atoms with Crippen molar-refractivity contribution >= 4 is 11.9 Å². The third-order valence-electron chi connectivity index (χ3n) is 5.11. The molecule has 1 aliphatic rings. The lowest BCUT2D eigenvalue weighted by atomic mass is 10.0. The Labute approximate surface area is 170 Å². The minimum absolute atomic E-state index is 0.281. The first-order valence-electron chi connectivity index (χ1n) is 9.31. The summed E-state index contributed by atoms with van der Waals surface area (Å²) in [7, 11) is 1.12. The summed E-state index contributed by atoms with van der Waals surface area (Å²) >= 11 is 0. The van der Waals surface area contributed by atoms with Crippen molar-refractivity contribution in [3.05, 3.63) is 64.2 Å². The van der Waals surface area contributed by atoms with Gasteiger partial charge in [-0.1, -0.05) is 0 Å². The van der Waals surface area contributed by atoms with E-state index in [9.17, 15) is 27.2 Å². The van der Waals surface area contributed by atoms with Gasteiger partial charge in [0.05, 0.1) is 24.3 Å². The van der Waals surface area contributed by atoms with Crippen molar-refractivity contribution in [3.63, 3.8) is 0 Å². The van der Waals surface area contributed by atoms with Gasteiger partial charge in [-0.3, -0.25) is 9.78 Å². The Morgan fingerprint density at radius 2 is 1.93 bits per heavy atom. The number of rotatable bonds is 4. The number of ether oxygens (including phenoxy) is 1. The van der Waals surface area contributed by atoms with Gasteiger partial charge in [0, 0.05) is 12.2 Å². The van der Waals surface area contributed by atoms with Gasteiger partial charge in [-0.15, -0.1) is 0 Å². The number of benzene rings is 1. The largest absolute Gasteiger partial charge is 0.465 e. The number of alkyl halides is 3. The van der Waals surface area contributed by atoms with Crippen LogP contribution in [0.15, 0.2) is 30.5 Å². The fraction of sp³-hybridized carbons (Fsp3) is 0.381. The second kappa shape index (κ2) is 8.04. The van der Waals surface area contributed by atoms with Crippen LogP contribution in [0.5, 0.6) is 0 Å². The van der Waals surface area contributed by atoms with E-state index in [4.69, 9.17) is 0 Å². The molecule has 0 saturated carbocycles. The molecular formula is C21H20F4N2O3. The molecule has 0 fully saturated rings. The summed E-state index contributed by atoms with van der Waals surface area (Å²) in [4.78, 5) is 29.8. The lowest BCUT2D eigenvalue weighted by Gasteiger charge is -2.34. The smallest absolute Gasteiger partial charge is 0.434 e. The van der Waals surface area contributed by atoms with Crippen LogP contribution in [0.2, 0.25) is 0 Å². The molecule has 0 N–H and O–H groups in total. The van der Waals surface area contributed by atoms with Crippen LogP contribution in [0.25, 0.3) is 0 Å². The topological polar surface area (TPSA) is 59.5 Å². The molecule has 1 aliphatic carbocycles. The van der Waals surface area contributed by atoms with Gasteiger partial charge in [0.1, 0.15) is 5.82 Å². The summed E-state index contributed by atoms with van der Waals surface area (Å²) in [5, 5.41) is 0. The molecule has 0 unspecified atom stereocenters. The molecule has 160 valence electrons. The molecular weight excluding hydrogens is 404 g/mol. The predicted molar refractivity (Wildman–Crippen MR) is 99.3 cm³/mol. The Kier molecular flexibility index (Phi) is 5.83. The molecule has 0 bridgehead atoms. The summed E-state index contributed by atoms with van der Waals surface area (Å²) in [6, 6.07) is 3.84. The normalized spacial score (nSPS) is 15.8. The van der Waals surface area contributed by atoms with Crippen molar-refractivity contribution < 1.29 is 31.9 Å². The van der Waals surface area contributed by atoms with E-state index in [0.717, 1.165) is 19.4 Å². The average Bonchev–Trinajstić information content (AvgIpc) is 3.08. The fourth-order valence-electron chi connectivity index (χ4n) is 3.84. The lowest BCUT2D eigenvalue weighted by Crippen LogP contribution is -2.40. The second-order valence-corrected chi connectivity index (χ2v) is 7.28. The zero-order valence-corrected chi connectivity index (χ0v) is 16.6. The molecule has 1 aromatic carbocycles. The number of amides is 1. The van der Waals surface area contributed by atoms with Crippen LogP contribution in [0.1, 0.15) is 63.8 Å². The number of pyridine rings is 1. The Balaban J connectivity index is 2.07. The summed E-state index contributed by atoms with van der Waals surface area (Å²) in [5.74, 6) is -2.43. The summed E-state index contributed by atoms with van der Waals surface area (Å²) in [5.41, 5.74) is -0.963. The highest BCUT2D eigenvalue weighted by Crippen LogP contribution is 2.40. The van der Waals surface area contributed by atoms with E-state index >= 15 is 0 Å². The van der Waals surface area contributed by atoms with Gasteiger partial charge in [-0.25, -0.2) is 9.18 Å². The molecule has 0 aliphatic heterocycles. The van der Waals surface area contributed by atoms with E-state index in [1.165, 1.54) is 23.1 Å². The monoisotopic (exact) mass is 424 g/mol. The zero-order valence-electron chi connectivity index (χ0n) is 16.6. The van der Waals surface area contributed by atoms with E-state index in [1.54, 1.807) is 13.8 Å². The van der Waals surface area contributed by atoms with Crippen molar-refractivity contribution in [2.45, 2.75) is 44.9 Å². The highest BCUT2D eigenvalue weighted by molar-refractivity contribution is 5.96. The third kappa shape index (κ3) is 3.88. The van der Waals surface area contributed by atoms with Crippen LogP contribution in [0.3, 0.4) is 0 Å². The highest BCUT2D eigenvalue weighted by atomic mass is 19.4. The maximum absolute atomic E-state index is 14.3. The van der Waals surface area contributed by atoms with Gasteiger partial charge in [-0.05, 0) is 62.1 Å². The molecule has 3 rings (SSSR count). The molecule has 1 atom stereocenters. The Morgan fingerprint density at radius 3 is 2.53 bits per heavy atom. The van der Waals surface area contributed by atoms with Crippen LogP contribution in [-0.2, 0) is 17.3 Å². The number of hydrogen-bond acceptors (Lipinski definition) is 4. The second-order valence-electron chi connectivity index (χ2n) is 7.28. The number of aromatic nitrogens is 1. The minimum atomic E-state index is -4.79. The molecule has 1 amide bonds. The Bertz CT molecular complexity index is 989. The van der Waals surface area contributed by atoms with E-state index in [2.05, 4.69) is 9.72 Å². The van der Waals surface area contributed by atoms with Crippen molar-refractivity contribution in [1.29, 1.82) is 0 Å². The number of carbonyl (C=O) groups excluding carboxylic acids is 2. The van der Waals surface area contributed by atoms with E-state index in [0.29, 0.717) is 24.0 Å². The molecule has 0 radical (unpaired) electrons. The van der Waals surface area contributed by atoms with Gasteiger partial charge < -0.3 is 9.64 Å². The number of carbonyl (C=O) groups is 2. The predicted octanol–water partition coefficient (Wildman–Crippen LogP) is 4.56. The highest BCUT2D eigenvalue weighted by Gasteiger charge is 2.41. The number of esters is 1. The number of hydrogen-bond donors (Lipinski definition) is 0. The minimum Gasteiger partial charge on any atom is -0.465 e. The average molecular weight is 424 g/mol. The fourth-order valence-corrected chi connectivity index (χ4v) is 3.84. The lowest BCUT2D eigenvalue weighted by molar-refractivity contribution is -0.141. The summed E-state index contributed by atoms with van der Waals surface area (Å²) < 4.78 is 59.0. The van der Waals surface area contributed by atoms with Crippen LogP contribution in [0, 0.1) is 5.82 Å². The van der Waals surface area contributed by atoms with Crippen molar-refractivity contribution in [3.8, 4) is 0 Å². The van der Waals surface area contributed by atoms with E-state index in [-0.39, 0.29) is 5.56 Å². The van der Waals surface area contributed by atoms with Crippen LogP contribution < -0.4 is 0 Å².